The quantitative estimate of drug-likeness (QED) is 0.789. The summed E-state index contributed by atoms with van der Waals surface area (Å²) < 4.78 is 8.68. The maximum absolute atomic E-state index is 5.45. The number of ether oxygens (including phenoxy) is 1. The average molecular weight is 363 g/mol. The molecule has 0 amide bonds. The lowest BCUT2D eigenvalue weighted by Crippen LogP contribution is -2.37. The summed E-state index contributed by atoms with van der Waals surface area (Å²) in [6.45, 7) is 3.27. The fourth-order valence-electron chi connectivity index (χ4n) is 2.59. The van der Waals surface area contributed by atoms with E-state index in [4.69, 9.17) is 14.7 Å². The lowest BCUT2D eigenvalue weighted by atomic mass is 10.2. The zero-order valence-corrected chi connectivity index (χ0v) is 15.6. The molecule has 0 radical (unpaired) electrons. The fourth-order valence-corrected chi connectivity index (χ4v) is 3.41. The van der Waals surface area contributed by atoms with Gasteiger partial charge in [0.2, 0.25) is 0 Å². The van der Waals surface area contributed by atoms with E-state index in [1.165, 1.54) is 0 Å². The van der Waals surface area contributed by atoms with Crippen molar-refractivity contribution >= 4 is 35.2 Å². The Balaban J connectivity index is 1.91. The summed E-state index contributed by atoms with van der Waals surface area (Å²) in [5.41, 5.74) is 3.19. The minimum atomic E-state index is 0.756. The molecular formula is C17H22N4OS2. The maximum atomic E-state index is 5.45. The molecular weight excluding hydrogens is 340 g/mol. The third-order valence-corrected chi connectivity index (χ3v) is 4.78. The van der Waals surface area contributed by atoms with E-state index in [0.29, 0.717) is 0 Å². The standard InChI is InChI=1S/C17H22N4OS2/c1-23-12-15-11-16(21-7-9-22-10-8-21)19-17(18-15)13-3-5-14(6-4-13)20-24-2/h3-6,11,20H,7-10,12H2,1-2H3. The van der Waals surface area contributed by atoms with E-state index in [-0.39, 0.29) is 0 Å². The molecule has 1 aromatic heterocycles. The van der Waals surface area contributed by atoms with Gasteiger partial charge in [-0.15, -0.1) is 0 Å². The number of anilines is 2. The molecule has 3 rings (SSSR count). The van der Waals surface area contributed by atoms with Gasteiger partial charge in [0.05, 0.1) is 18.9 Å². The Bertz CT molecular complexity index is 660. The molecule has 2 heterocycles. The Labute approximate surface area is 151 Å². The number of hydrogen-bond donors (Lipinski definition) is 1. The van der Waals surface area contributed by atoms with Crippen molar-refractivity contribution in [2.24, 2.45) is 0 Å². The van der Waals surface area contributed by atoms with Crippen LogP contribution >= 0.6 is 23.7 Å². The van der Waals surface area contributed by atoms with Crippen LogP contribution in [0.25, 0.3) is 11.4 Å². The van der Waals surface area contributed by atoms with Gasteiger partial charge in [-0.3, -0.25) is 0 Å². The molecule has 0 saturated carbocycles. The first kappa shape index (κ1) is 17.4. The van der Waals surface area contributed by atoms with E-state index in [1.54, 1.807) is 23.7 Å². The first-order valence-electron chi connectivity index (χ1n) is 7.89. The summed E-state index contributed by atoms with van der Waals surface area (Å²) in [7, 11) is 0. The summed E-state index contributed by atoms with van der Waals surface area (Å²) in [5, 5.41) is 0. The Kier molecular flexibility index (Phi) is 6.23. The molecule has 1 aromatic carbocycles. The molecule has 5 nitrogen and oxygen atoms in total. The SMILES string of the molecule is CSCc1cc(N2CCOCC2)nc(-c2ccc(NSC)cc2)n1. The molecule has 1 aliphatic rings. The molecule has 7 heteroatoms. The smallest absolute Gasteiger partial charge is 0.161 e. The van der Waals surface area contributed by atoms with Crippen molar-refractivity contribution in [1.82, 2.24) is 9.97 Å². The molecule has 1 fully saturated rings. The van der Waals surface area contributed by atoms with Crippen LogP contribution in [0.3, 0.4) is 0 Å². The number of rotatable bonds is 6. The van der Waals surface area contributed by atoms with Gasteiger partial charge in [-0.1, -0.05) is 11.9 Å². The highest BCUT2D eigenvalue weighted by atomic mass is 32.2. The monoisotopic (exact) mass is 362 g/mol. The van der Waals surface area contributed by atoms with E-state index >= 15 is 0 Å². The molecule has 0 spiro atoms. The summed E-state index contributed by atoms with van der Waals surface area (Å²) >= 11 is 3.36. The lowest BCUT2D eigenvalue weighted by Gasteiger charge is -2.28. The van der Waals surface area contributed by atoms with E-state index in [9.17, 15) is 0 Å². The van der Waals surface area contributed by atoms with Gasteiger partial charge in [-0.2, -0.15) is 11.8 Å². The second-order valence-electron chi connectivity index (χ2n) is 5.46. The number of aromatic nitrogens is 2. The molecule has 0 atom stereocenters. The van der Waals surface area contributed by atoms with Crippen LogP contribution in [0.2, 0.25) is 0 Å². The van der Waals surface area contributed by atoms with Gasteiger partial charge < -0.3 is 14.4 Å². The van der Waals surface area contributed by atoms with Crippen molar-refractivity contribution < 1.29 is 4.74 Å². The molecule has 24 heavy (non-hydrogen) atoms. The molecule has 1 N–H and O–H groups in total. The second-order valence-corrected chi connectivity index (χ2v) is 6.94. The molecule has 1 saturated heterocycles. The highest BCUT2D eigenvalue weighted by Gasteiger charge is 2.15. The molecule has 0 bridgehead atoms. The first-order valence-corrected chi connectivity index (χ1v) is 10.5. The molecule has 1 aliphatic heterocycles. The zero-order valence-electron chi connectivity index (χ0n) is 14.0. The van der Waals surface area contributed by atoms with Crippen LogP contribution in [-0.4, -0.2) is 48.8 Å². The van der Waals surface area contributed by atoms with Crippen LogP contribution in [0.1, 0.15) is 5.69 Å². The van der Waals surface area contributed by atoms with Gasteiger partial charge in [-0.05, 0) is 30.5 Å². The van der Waals surface area contributed by atoms with Crippen molar-refractivity contribution in [2.75, 3.05) is 48.4 Å². The topological polar surface area (TPSA) is 50.3 Å². The van der Waals surface area contributed by atoms with E-state index in [1.807, 2.05) is 6.26 Å². The number of morpholine rings is 1. The van der Waals surface area contributed by atoms with E-state index in [0.717, 1.165) is 60.6 Å². The molecule has 2 aromatic rings. The third kappa shape index (κ3) is 4.34. The number of hydrogen-bond acceptors (Lipinski definition) is 7. The van der Waals surface area contributed by atoms with Crippen LogP contribution < -0.4 is 9.62 Å². The van der Waals surface area contributed by atoms with Crippen molar-refractivity contribution in [1.29, 1.82) is 0 Å². The minimum absolute atomic E-state index is 0.756. The van der Waals surface area contributed by atoms with Crippen molar-refractivity contribution in [2.45, 2.75) is 5.75 Å². The Morgan fingerprint density at radius 1 is 1.12 bits per heavy atom. The maximum Gasteiger partial charge on any atom is 0.161 e. The molecule has 128 valence electrons. The van der Waals surface area contributed by atoms with Crippen LogP contribution in [0.4, 0.5) is 11.5 Å². The van der Waals surface area contributed by atoms with Crippen LogP contribution in [0, 0.1) is 0 Å². The molecule has 0 aliphatic carbocycles. The Morgan fingerprint density at radius 3 is 2.54 bits per heavy atom. The normalized spacial score (nSPS) is 14.7. The average Bonchev–Trinajstić information content (AvgIpc) is 2.63. The van der Waals surface area contributed by atoms with E-state index in [2.05, 4.69) is 46.2 Å². The van der Waals surface area contributed by atoms with Gasteiger partial charge in [0.25, 0.3) is 0 Å². The van der Waals surface area contributed by atoms with Gasteiger partial charge in [0.15, 0.2) is 5.82 Å². The highest BCUT2D eigenvalue weighted by Crippen LogP contribution is 2.24. The lowest BCUT2D eigenvalue weighted by molar-refractivity contribution is 0.122. The summed E-state index contributed by atoms with van der Waals surface area (Å²) in [6.07, 6.45) is 4.11. The predicted molar refractivity (Wildman–Crippen MR) is 105 cm³/mol. The van der Waals surface area contributed by atoms with Crippen LogP contribution in [0.15, 0.2) is 30.3 Å². The fraction of sp³-hybridized carbons (Fsp3) is 0.412. The number of benzene rings is 1. The van der Waals surface area contributed by atoms with Crippen molar-refractivity contribution in [3.8, 4) is 11.4 Å². The number of nitrogens with one attached hydrogen (secondary N) is 1. The van der Waals surface area contributed by atoms with Gasteiger partial charge in [-0.25, -0.2) is 9.97 Å². The first-order chi connectivity index (χ1) is 11.8. The third-order valence-electron chi connectivity index (χ3n) is 3.76. The Hall–Kier alpha value is -1.44. The number of thioether (sulfide) groups is 1. The van der Waals surface area contributed by atoms with Crippen LogP contribution in [0.5, 0.6) is 0 Å². The predicted octanol–water partition coefficient (Wildman–Crippen LogP) is 3.53. The van der Waals surface area contributed by atoms with Gasteiger partial charge in [0.1, 0.15) is 5.82 Å². The van der Waals surface area contributed by atoms with Gasteiger partial charge >= 0.3 is 0 Å². The Morgan fingerprint density at radius 2 is 1.88 bits per heavy atom. The van der Waals surface area contributed by atoms with Crippen molar-refractivity contribution in [3.05, 3.63) is 36.0 Å². The van der Waals surface area contributed by atoms with Crippen LogP contribution in [-0.2, 0) is 10.5 Å². The summed E-state index contributed by atoms with van der Waals surface area (Å²) in [5.74, 6) is 2.68. The number of nitrogens with zero attached hydrogens (tertiary/aromatic N) is 3. The highest BCUT2D eigenvalue weighted by molar-refractivity contribution is 7.99. The minimum Gasteiger partial charge on any atom is -0.378 e. The van der Waals surface area contributed by atoms with Gasteiger partial charge in [0, 0.05) is 42.4 Å². The zero-order chi connectivity index (χ0) is 16.8. The molecule has 0 unspecified atom stereocenters. The largest absolute Gasteiger partial charge is 0.378 e. The summed E-state index contributed by atoms with van der Waals surface area (Å²) in [6, 6.07) is 10.4. The second kappa shape index (κ2) is 8.60. The van der Waals surface area contributed by atoms with E-state index < -0.39 is 0 Å². The van der Waals surface area contributed by atoms with Crippen molar-refractivity contribution in [3.63, 3.8) is 0 Å². The summed E-state index contributed by atoms with van der Waals surface area (Å²) in [4.78, 5) is 11.8.